The van der Waals surface area contributed by atoms with Gasteiger partial charge in [-0.15, -0.1) is 0 Å². The average molecular weight is 209 g/mol. The van der Waals surface area contributed by atoms with Crippen LogP contribution in [0.2, 0.25) is 0 Å². The molecular formula is C12H23N3. The largest absolute Gasteiger partial charge is 0.328 e. The van der Waals surface area contributed by atoms with E-state index in [0.29, 0.717) is 6.04 Å². The number of nitrogens with two attached hydrogens (primary N) is 1. The van der Waals surface area contributed by atoms with Gasteiger partial charge in [-0.2, -0.15) is 0 Å². The molecule has 1 aliphatic heterocycles. The molecule has 2 saturated carbocycles. The summed E-state index contributed by atoms with van der Waals surface area (Å²) in [5.74, 6) is 0.905. The molecule has 3 nitrogen and oxygen atoms in total. The molecule has 0 aromatic heterocycles. The van der Waals surface area contributed by atoms with Crippen LogP contribution in [0.15, 0.2) is 0 Å². The maximum atomic E-state index is 5.77. The monoisotopic (exact) mass is 209 g/mol. The minimum absolute atomic E-state index is 0.481. The fraction of sp³-hybridized carbons (Fsp3) is 1.00. The second-order valence-electron chi connectivity index (χ2n) is 5.72. The van der Waals surface area contributed by atoms with Crippen LogP contribution in [0.25, 0.3) is 0 Å². The van der Waals surface area contributed by atoms with Gasteiger partial charge in [0.15, 0.2) is 0 Å². The molecule has 2 aliphatic carbocycles. The molecule has 86 valence electrons. The molecule has 3 fully saturated rings. The van der Waals surface area contributed by atoms with Gasteiger partial charge in [0, 0.05) is 24.7 Å². The van der Waals surface area contributed by atoms with Gasteiger partial charge in [0.1, 0.15) is 0 Å². The zero-order chi connectivity index (χ0) is 10.3. The van der Waals surface area contributed by atoms with Gasteiger partial charge in [0.25, 0.3) is 0 Å². The van der Waals surface area contributed by atoms with Crippen LogP contribution in [0.3, 0.4) is 0 Å². The minimum atomic E-state index is 0.481. The summed E-state index contributed by atoms with van der Waals surface area (Å²) >= 11 is 0. The molecule has 1 unspecified atom stereocenters. The van der Waals surface area contributed by atoms with Crippen LogP contribution in [0, 0.1) is 5.92 Å². The van der Waals surface area contributed by atoms with Gasteiger partial charge in [0.05, 0.1) is 0 Å². The van der Waals surface area contributed by atoms with E-state index in [1.807, 2.05) is 0 Å². The van der Waals surface area contributed by atoms with E-state index in [9.17, 15) is 0 Å². The Morgan fingerprint density at radius 2 is 2.00 bits per heavy atom. The number of hydrogen-bond donors (Lipinski definition) is 2. The lowest BCUT2D eigenvalue weighted by Gasteiger charge is -2.34. The van der Waals surface area contributed by atoms with E-state index in [0.717, 1.165) is 18.0 Å². The molecule has 0 amide bonds. The Hall–Kier alpha value is -0.120. The molecule has 0 aromatic rings. The summed E-state index contributed by atoms with van der Waals surface area (Å²) in [5, 5.41) is 3.66. The Balaban J connectivity index is 1.34. The van der Waals surface area contributed by atoms with Crippen LogP contribution in [0.4, 0.5) is 0 Å². The van der Waals surface area contributed by atoms with Crippen molar-refractivity contribution in [1.29, 1.82) is 0 Å². The molecule has 0 radical (unpaired) electrons. The smallest absolute Gasteiger partial charge is 0.00966 e. The normalized spacial score (nSPS) is 41.8. The molecule has 3 aliphatic rings. The highest BCUT2D eigenvalue weighted by Gasteiger charge is 2.34. The third-order valence-corrected chi connectivity index (χ3v) is 4.25. The van der Waals surface area contributed by atoms with E-state index in [4.69, 9.17) is 5.73 Å². The predicted octanol–water partition coefficient (Wildman–Crippen LogP) is 0.550. The van der Waals surface area contributed by atoms with E-state index in [1.165, 1.54) is 51.7 Å². The highest BCUT2D eigenvalue weighted by atomic mass is 15.2. The quantitative estimate of drug-likeness (QED) is 0.710. The van der Waals surface area contributed by atoms with Crippen LogP contribution < -0.4 is 11.1 Å². The Bertz CT molecular complexity index is 221. The first-order chi connectivity index (χ1) is 7.31. The SMILES string of the molecule is NC1CC(NCC2CCN(C3CC3)C2)C1. The Labute approximate surface area is 92.4 Å². The predicted molar refractivity (Wildman–Crippen MR) is 61.7 cm³/mol. The third kappa shape index (κ3) is 2.35. The Kier molecular flexibility index (Phi) is 2.71. The van der Waals surface area contributed by atoms with Crippen LogP contribution >= 0.6 is 0 Å². The van der Waals surface area contributed by atoms with Crippen molar-refractivity contribution in [3.8, 4) is 0 Å². The molecule has 3 rings (SSSR count). The molecule has 15 heavy (non-hydrogen) atoms. The van der Waals surface area contributed by atoms with Gasteiger partial charge in [0.2, 0.25) is 0 Å². The van der Waals surface area contributed by atoms with E-state index < -0.39 is 0 Å². The standard InChI is InChI=1S/C12H23N3/c13-10-5-11(6-10)14-7-9-3-4-15(8-9)12-1-2-12/h9-12,14H,1-8,13H2. The number of hydrogen-bond acceptors (Lipinski definition) is 3. The molecule has 3 heteroatoms. The summed E-state index contributed by atoms with van der Waals surface area (Å²) in [7, 11) is 0. The third-order valence-electron chi connectivity index (χ3n) is 4.25. The summed E-state index contributed by atoms with van der Waals surface area (Å²) in [5.41, 5.74) is 5.77. The Morgan fingerprint density at radius 3 is 2.67 bits per heavy atom. The number of nitrogens with one attached hydrogen (secondary N) is 1. The van der Waals surface area contributed by atoms with Gasteiger partial charge >= 0.3 is 0 Å². The number of nitrogens with zero attached hydrogens (tertiary/aromatic N) is 1. The van der Waals surface area contributed by atoms with E-state index in [1.54, 1.807) is 0 Å². The van der Waals surface area contributed by atoms with Crippen molar-refractivity contribution in [3.05, 3.63) is 0 Å². The van der Waals surface area contributed by atoms with Crippen molar-refractivity contribution in [1.82, 2.24) is 10.2 Å². The summed E-state index contributed by atoms with van der Waals surface area (Å²) in [6.45, 7) is 3.91. The van der Waals surface area contributed by atoms with Crippen molar-refractivity contribution in [2.75, 3.05) is 19.6 Å². The average Bonchev–Trinajstić information content (AvgIpc) is 2.92. The van der Waals surface area contributed by atoms with E-state index >= 15 is 0 Å². The summed E-state index contributed by atoms with van der Waals surface area (Å²) in [6, 6.07) is 2.18. The van der Waals surface area contributed by atoms with Gasteiger partial charge in [-0.3, -0.25) is 0 Å². The summed E-state index contributed by atoms with van der Waals surface area (Å²) in [6.07, 6.45) is 6.70. The van der Waals surface area contributed by atoms with Crippen molar-refractivity contribution >= 4 is 0 Å². The maximum Gasteiger partial charge on any atom is 0.00966 e. The highest BCUT2D eigenvalue weighted by Crippen LogP contribution is 2.31. The van der Waals surface area contributed by atoms with Gasteiger partial charge in [-0.1, -0.05) is 0 Å². The van der Waals surface area contributed by atoms with Crippen LogP contribution in [-0.2, 0) is 0 Å². The van der Waals surface area contributed by atoms with Crippen molar-refractivity contribution in [2.24, 2.45) is 11.7 Å². The summed E-state index contributed by atoms with van der Waals surface area (Å²) < 4.78 is 0. The topological polar surface area (TPSA) is 41.3 Å². The first-order valence-corrected chi connectivity index (χ1v) is 6.54. The highest BCUT2D eigenvalue weighted by molar-refractivity contribution is 4.92. The molecule has 0 bridgehead atoms. The van der Waals surface area contributed by atoms with Crippen LogP contribution in [-0.4, -0.2) is 42.7 Å². The molecular weight excluding hydrogens is 186 g/mol. The second kappa shape index (κ2) is 4.04. The second-order valence-corrected chi connectivity index (χ2v) is 5.72. The zero-order valence-electron chi connectivity index (χ0n) is 9.49. The van der Waals surface area contributed by atoms with Gasteiger partial charge in [-0.25, -0.2) is 0 Å². The molecule has 1 saturated heterocycles. The van der Waals surface area contributed by atoms with Gasteiger partial charge < -0.3 is 16.0 Å². The summed E-state index contributed by atoms with van der Waals surface area (Å²) in [4.78, 5) is 2.69. The van der Waals surface area contributed by atoms with Crippen molar-refractivity contribution in [3.63, 3.8) is 0 Å². The van der Waals surface area contributed by atoms with E-state index in [-0.39, 0.29) is 0 Å². The van der Waals surface area contributed by atoms with E-state index in [2.05, 4.69) is 10.2 Å². The molecule has 0 aromatic carbocycles. The fourth-order valence-corrected chi connectivity index (χ4v) is 2.96. The molecule has 1 atom stereocenters. The van der Waals surface area contributed by atoms with Crippen molar-refractivity contribution in [2.45, 2.75) is 50.2 Å². The number of likely N-dealkylation sites (tertiary alicyclic amines) is 1. The lowest BCUT2D eigenvalue weighted by atomic mass is 9.87. The van der Waals surface area contributed by atoms with Crippen LogP contribution in [0.1, 0.15) is 32.1 Å². The lowest BCUT2D eigenvalue weighted by molar-refractivity contribution is 0.269. The molecule has 3 N–H and O–H groups in total. The van der Waals surface area contributed by atoms with Gasteiger partial charge in [-0.05, 0) is 51.1 Å². The fourth-order valence-electron chi connectivity index (χ4n) is 2.96. The minimum Gasteiger partial charge on any atom is -0.328 e. The first-order valence-electron chi connectivity index (χ1n) is 6.54. The zero-order valence-corrected chi connectivity index (χ0v) is 9.49. The first kappa shape index (κ1) is 10.1. The van der Waals surface area contributed by atoms with Crippen molar-refractivity contribution < 1.29 is 0 Å². The lowest BCUT2D eigenvalue weighted by Crippen LogP contribution is -2.49. The molecule has 1 heterocycles. The maximum absolute atomic E-state index is 5.77. The van der Waals surface area contributed by atoms with Crippen LogP contribution in [0.5, 0.6) is 0 Å². The number of rotatable bonds is 4. The molecule has 0 spiro atoms. The Morgan fingerprint density at radius 1 is 1.20 bits per heavy atom.